The molecule has 2 rings (SSSR count). The van der Waals surface area contributed by atoms with Gasteiger partial charge >= 0.3 is 0 Å². The van der Waals surface area contributed by atoms with Gasteiger partial charge in [0.05, 0.1) is 10.5 Å². The molecule has 0 saturated heterocycles. The molecule has 1 saturated carbocycles. The van der Waals surface area contributed by atoms with Gasteiger partial charge in [0.25, 0.3) is 15.0 Å². The first-order valence-corrected chi connectivity index (χ1v) is 9.42. The van der Waals surface area contributed by atoms with Crippen molar-refractivity contribution in [1.82, 2.24) is 5.32 Å². The Labute approximate surface area is 131 Å². The molecule has 2 unspecified atom stereocenters. The Morgan fingerprint density at radius 2 is 2.10 bits per heavy atom. The van der Waals surface area contributed by atoms with E-state index < -0.39 is 9.05 Å². The van der Waals surface area contributed by atoms with E-state index in [-0.39, 0.29) is 22.4 Å². The van der Waals surface area contributed by atoms with Crippen molar-refractivity contribution in [2.24, 2.45) is 5.92 Å². The molecule has 1 fully saturated rings. The van der Waals surface area contributed by atoms with E-state index in [0.29, 0.717) is 10.4 Å². The summed E-state index contributed by atoms with van der Waals surface area (Å²) in [5, 5.41) is 2.94. The third-order valence-corrected chi connectivity index (χ3v) is 5.54. The van der Waals surface area contributed by atoms with Crippen molar-refractivity contribution in [1.29, 1.82) is 0 Å². The molecule has 1 aromatic rings. The van der Waals surface area contributed by atoms with Gasteiger partial charge in [-0.05, 0) is 59.3 Å². The second-order valence-electron chi connectivity index (χ2n) is 5.17. The lowest BCUT2D eigenvalue weighted by Crippen LogP contribution is -2.33. The van der Waals surface area contributed by atoms with Crippen LogP contribution in [0.1, 0.15) is 36.5 Å². The summed E-state index contributed by atoms with van der Waals surface area (Å²) in [7, 11) is 1.46. The lowest BCUT2D eigenvalue weighted by molar-refractivity contribution is 0.0936. The molecule has 0 aliphatic heterocycles. The van der Waals surface area contributed by atoms with Crippen LogP contribution in [0.2, 0.25) is 0 Å². The average Bonchev–Trinajstić information content (AvgIpc) is 2.73. The summed E-state index contributed by atoms with van der Waals surface area (Å²) >= 11 is 3.26. The molecule has 1 aliphatic carbocycles. The second kappa shape index (κ2) is 6.03. The maximum atomic E-state index is 12.2. The van der Waals surface area contributed by atoms with Crippen LogP contribution >= 0.6 is 26.6 Å². The summed E-state index contributed by atoms with van der Waals surface area (Å²) in [6, 6.07) is 4.32. The van der Waals surface area contributed by atoms with E-state index >= 15 is 0 Å². The van der Waals surface area contributed by atoms with Crippen molar-refractivity contribution in [3.63, 3.8) is 0 Å². The molecule has 0 spiro atoms. The van der Waals surface area contributed by atoms with Crippen molar-refractivity contribution in [2.45, 2.75) is 37.1 Å². The molecule has 1 amide bonds. The number of nitrogens with one attached hydrogen (secondary N) is 1. The minimum atomic E-state index is -3.84. The SMILES string of the molecule is CC1CCC(NC(=O)c2cc(S(=O)(=O)Cl)ccc2Br)C1. The molecule has 7 heteroatoms. The Hall–Kier alpha value is -0.590. The van der Waals surface area contributed by atoms with Gasteiger partial charge < -0.3 is 5.32 Å². The Morgan fingerprint density at radius 3 is 2.65 bits per heavy atom. The van der Waals surface area contributed by atoms with Gasteiger partial charge in [0.1, 0.15) is 0 Å². The molecule has 0 aromatic heterocycles. The maximum absolute atomic E-state index is 12.2. The van der Waals surface area contributed by atoms with Gasteiger partial charge in [-0.15, -0.1) is 0 Å². The predicted molar refractivity (Wildman–Crippen MR) is 81.5 cm³/mol. The molecule has 0 radical (unpaired) electrons. The minimum Gasteiger partial charge on any atom is -0.349 e. The summed E-state index contributed by atoms with van der Waals surface area (Å²) in [6.07, 6.45) is 3.01. The maximum Gasteiger partial charge on any atom is 0.261 e. The van der Waals surface area contributed by atoms with E-state index in [4.69, 9.17) is 10.7 Å². The molecule has 4 nitrogen and oxygen atoms in total. The fraction of sp³-hybridized carbons (Fsp3) is 0.462. The first-order chi connectivity index (χ1) is 9.27. The van der Waals surface area contributed by atoms with Crippen molar-refractivity contribution in [3.05, 3.63) is 28.2 Å². The second-order valence-corrected chi connectivity index (χ2v) is 8.59. The number of rotatable bonds is 3. The zero-order valence-corrected chi connectivity index (χ0v) is 14.1. The summed E-state index contributed by atoms with van der Waals surface area (Å²) in [4.78, 5) is 12.2. The molecule has 1 aliphatic rings. The van der Waals surface area contributed by atoms with Gasteiger partial charge in [0.2, 0.25) is 0 Å². The molecular weight excluding hydrogens is 366 g/mol. The number of halogens is 2. The fourth-order valence-corrected chi connectivity index (χ4v) is 3.64. The van der Waals surface area contributed by atoms with Crippen LogP contribution in [0, 0.1) is 5.92 Å². The Bertz CT molecular complexity index is 633. The Morgan fingerprint density at radius 1 is 1.40 bits per heavy atom. The van der Waals surface area contributed by atoms with E-state index in [1.807, 2.05) is 0 Å². The Balaban J connectivity index is 2.21. The highest BCUT2D eigenvalue weighted by Crippen LogP contribution is 2.27. The zero-order chi connectivity index (χ0) is 14.9. The normalized spacial score (nSPS) is 22.8. The third kappa shape index (κ3) is 3.74. The molecule has 0 heterocycles. The van der Waals surface area contributed by atoms with Crippen LogP contribution in [0.25, 0.3) is 0 Å². The molecule has 1 N–H and O–H groups in total. The van der Waals surface area contributed by atoms with Crippen LogP contribution in [0.15, 0.2) is 27.6 Å². The van der Waals surface area contributed by atoms with Gasteiger partial charge in [-0.2, -0.15) is 0 Å². The van der Waals surface area contributed by atoms with E-state index in [9.17, 15) is 13.2 Å². The number of hydrogen-bond acceptors (Lipinski definition) is 3. The van der Waals surface area contributed by atoms with Crippen LogP contribution in [-0.2, 0) is 9.05 Å². The van der Waals surface area contributed by atoms with Gasteiger partial charge in [0.15, 0.2) is 0 Å². The number of benzene rings is 1. The number of carbonyl (C=O) groups excluding carboxylic acids is 1. The van der Waals surface area contributed by atoms with Crippen molar-refractivity contribution >= 4 is 41.6 Å². The fourth-order valence-electron chi connectivity index (χ4n) is 2.43. The quantitative estimate of drug-likeness (QED) is 0.818. The average molecular weight is 381 g/mol. The lowest BCUT2D eigenvalue weighted by Gasteiger charge is -2.13. The molecule has 1 aromatic carbocycles. The summed E-state index contributed by atoms with van der Waals surface area (Å²) in [5.41, 5.74) is 0.284. The minimum absolute atomic E-state index is 0.0766. The summed E-state index contributed by atoms with van der Waals surface area (Å²) in [6.45, 7) is 2.16. The molecule has 20 heavy (non-hydrogen) atoms. The molecule has 110 valence electrons. The zero-order valence-electron chi connectivity index (χ0n) is 10.9. The molecule has 2 atom stereocenters. The van der Waals surface area contributed by atoms with Crippen LogP contribution < -0.4 is 5.32 Å². The molecular formula is C13H15BrClNO3S. The van der Waals surface area contributed by atoms with E-state index in [1.165, 1.54) is 18.2 Å². The van der Waals surface area contributed by atoms with Crippen molar-refractivity contribution in [2.75, 3.05) is 0 Å². The van der Waals surface area contributed by atoms with Gasteiger partial charge in [-0.25, -0.2) is 8.42 Å². The smallest absolute Gasteiger partial charge is 0.261 e. The summed E-state index contributed by atoms with van der Waals surface area (Å²) in [5.74, 6) is 0.330. The highest BCUT2D eigenvalue weighted by Gasteiger charge is 2.24. The summed E-state index contributed by atoms with van der Waals surface area (Å²) < 4.78 is 23.2. The third-order valence-electron chi connectivity index (χ3n) is 3.49. The number of carbonyl (C=O) groups is 1. The van der Waals surface area contributed by atoms with Crippen molar-refractivity contribution in [3.8, 4) is 0 Å². The van der Waals surface area contributed by atoms with Crippen LogP contribution in [0.3, 0.4) is 0 Å². The monoisotopic (exact) mass is 379 g/mol. The van der Waals surface area contributed by atoms with E-state index in [0.717, 1.165) is 19.3 Å². The topological polar surface area (TPSA) is 63.2 Å². The standard InChI is InChI=1S/C13H15BrClNO3S/c1-8-2-3-9(6-8)16-13(17)11-7-10(20(15,18)19)4-5-12(11)14/h4-5,7-9H,2-3,6H2,1H3,(H,16,17). The first kappa shape index (κ1) is 15.8. The first-order valence-electron chi connectivity index (χ1n) is 6.32. The van der Waals surface area contributed by atoms with E-state index in [2.05, 4.69) is 28.2 Å². The number of hydrogen-bond donors (Lipinski definition) is 1. The van der Waals surface area contributed by atoms with Crippen molar-refractivity contribution < 1.29 is 13.2 Å². The predicted octanol–water partition coefficient (Wildman–Crippen LogP) is 3.30. The van der Waals surface area contributed by atoms with E-state index in [1.54, 1.807) is 0 Å². The lowest BCUT2D eigenvalue weighted by atomic mass is 10.1. The Kier molecular flexibility index (Phi) is 4.76. The van der Waals surface area contributed by atoms with Crippen LogP contribution in [-0.4, -0.2) is 20.4 Å². The van der Waals surface area contributed by atoms with Crippen LogP contribution in [0.5, 0.6) is 0 Å². The van der Waals surface area contributed by atoms with Crippen LogP contribution in [0.4, 0.5) is 0 Å². The number of amides is 1. The largest absolute Gasteiger partial charge is 0.349 e. The van der Waals surface area contributed by atoms with Gasteiger partial charge in [-0.3, -0.25) is 4.79 Å². The highest BCUT2D eigenvalue weighted by atomic mass is 79.9. The highest BCUT2D eigenvalue weighted by molar-refractivity contribution is 9.10. The van der Waals surface area contributed by atoms with Gasteiger partial charge in [0, 0.05) is 21.2 Å². The molecule has 0 bridgehead atoms. The van der Waals surface area contributed by atoms with Gasteiger partial charge in [-0.1, -0.05) is 6.92 Å².